The maximum Gasteiger partial charge on any atom is 0.170 e. The molecular formula is C22H18F2O2. The molecule has 0 unspecified atom stereocenters. The molecule has 0 heterocycles. The number of aryl methyl sites for hydroxylation is 1. The Hall–Kier alpha value is -3.01. The number of Topliss-reactive ketones (excluding diaryl/α,β-unsaturated/α-hetero) is 1. The van der Waals surface area contributed by atoms with Gasteiger partial charge in [-0.3, -0.25) is 4.79 Å². The number of aromatic hydroxyl groups is 1. The molecule has 0 aromatic heterocycles. The molecule has 0 amide bonds. The van der Waals surface area contributed by atoms with Gasteiger partial charge in [0.1, 0.15) is 17.4 Å². The smallest absolute Gasteiger partial charge is 0.170 e. The minimum atomic E-state index is -0.620. The summed E-state index contributed by atoms with van der Waals surface area (Å²) in [5, 5.41) is 9.86. The Labute approximate surface area is 150 Å². The van der Waals surface area contributed by atoms with Crippen molar-refractivity contribution in [1.29, 1.82) is 0 Å². The van der Waals surface area contributed by atoms with Gasteiger partial charge in [0, 0.05) is 6.42 Å². The van der Waals surface area contributed by atoms with Crippen LogP contribution in [0, 0.1) is 25.5 Å². The summed E-state index contributed by atoms with van der Waals surface area (Å²) < 4.78 is 27.7. The molecule has 0 aliphatic rings. The fourth-order valence-electron chi connectivity index (χ4n) is 2.99. The molecule has 0 aliphatic carbocycles. The van der Waals surface area contributed by atoms with Gasteiger partial charge in [-0.05, 0) is 72.0 Å². The molecule has 1 N–H and O–H groups in total. The molecule has 132 valence electrons. The van der Waals surface area contributed by atoms with Crippen LogP contribution in [0.4, 0.5) is 8.78 Å². The molecule has 3 aromatic carbocycles. The fraction of sp³-hybridized carbons (Fsp3) is 0.136. The van der Waals surface area contributed by atoms with Gasteiger partial charge in [0.15, 0.2) is 5.78 Å². The molecule has 3 rings (SSSR count). The summed E-state index contributed by atoms with van der Waals surface area (Å²) in [6, 6.07) is 13.4. The third-order valence-corrected chi connectivity index (χ3v) is 4.57. The van der Waals surface area contributed by atoms with Gasteiger partial charge in [0.25, 0.3) is 0 Å². The first kappa shape index (κ1) is 17.8. The molecule has 2 nitrogen and oxygen atoms in total. The highest BCUT2D eigenvalue weighted by Gasteiger charge is 2.17. The Bertz CT molecular complexity index is 993. The SMILES string of the molecule is Cc1ccc(O)c(C)c1CC(=O)c1cc(-c2cccc(F)c2)ccc1F. The van der Waals surface area contributed by atoms with E-state index in [4.69, 9.17) is 0 Å². The fourth-order valence-corrected chi connectivity index (χ4v) is 2.99. The van der Waals surface area contributed by atoms with E-state index < -0.39 is 17.4 Å². The average molecular weight is 352 g/mol. The van der Waals surface area contributed by atoms with Gasteiger partial charge in [0.2, 0.25) is 0 Å². The second kappa shape index (κ2) is 7.08. The Kier molecular flexibility index (Phi) is 4.85. The maximum absolute atomic E-state index is 14.3. The Morgan fingerprint density at radius 2 is 1.69 bits per heavy atom. The third-order valence-electron chi connectivity index (χ3n) is 4.57. The summed E-state index contributed by atoms with van der Waals surface area (Å²) in [4.78, 5) is 12.7. The van der Waals surface area contributed by atoms with E-state index in [0.717, 1.165) is 5.56 Å². The number of carbonyl (C=O) groups is 1. The summed E-state index contributed by atoms with van der Waals surface area (Å²) in [6.07, 6.45) is -0.0183. The summed E-state index contributed by atoms with van der Waals surface area (Å²) >= 11 is 0. The standard InChI is InChI=1S/C22H18F2O2/c1-13-6-9-21(25)14(2)18(13)12-22(26)19-11-16(7-8-20(19)24)15-4-3-5-17(23)10-15/h3-11,25H,12H2,1-2H3. The van der Waals surface area contributed by atoms with E-state index in [0.29, 0.717) is 22.3 Å². The first-order valence-corrected chi connectivity index (χ1v) is 8.23. The Morgan fingerprint density at radius 3 is 2.42 bits per heavy atom. The predicted octanol–water partition coefficient (Wildman–Crippen LogP) is 5.38. The highest BCUT2D eigenvalue weighted by molar-refractivity contribution is 5.99. The van der Waals surface area contributed by atoms with Crippen molar-refractivity contribution in [3.8, 4) is 16.9 Å². The maximum atomic E-state index is 14.3. The molecule has 0 spiro atoms. The summed E-state index contributed by atoms with van der Waals surface area (Å²) in [5.41, 5.74) is 3.25. The molecule has 4 heteroatoms. The molecule has 26 heavy (non-hydrogen) atoms. The number of carbonyl (C=O) groups excluding carboxylic acids is 1. The Balaban J connectivity index is 1.98. The number of hydrogen-bond donors (Lipinski definition) is 1. The zero-order chi connectivity index (χ0) is 18.8. The quantitative estimate of drug-likeness (QED) is 0.640. The minimum absolute atomic E-state index is 0.0183. The van der Waals surface area contributed by atoms with Gasteiger partial charge in [0.05, 0.1) is 5.56 Å². The summed E-state index contributed by atoms with van der Waals surface area (Å²) in [7, 11) is 0. The van der Waals surface area contributed by atoms with Gasteiger partial charge in [-0.15, -0.1) is 0 Å². The molecule has 0 atom stereocenters. The van der Waals surface area contributed by atoms with Crippen LogP contribution >= 0.6 is 0 Å². The zero-order valence-corrected chi connectivity index (χ0v) is 14.5. The third kappa shape index (κ3) is 3.49. The van der Waals surface area contributed by atoms with Gasteiger partial charge in [-0.2, -0.15) is 0 Å². The molecule has 3 aromatic rings. The van der Waals surface area contributed by atoms with Crippen molar-refractivity contribution in [1.82, 2.24) is 0 Å². The van der Waals surface area contributed by atoms with Crippen molar-refractivity contribution in [2.24, 2.45) is 0 Å². The lowest BCUT2D eigenvalue weighted by molar-refractivity contribution is 0.0988. The Morgan fingerprint density at radius 1 is 0.962 bits per heavy atom. The van der Waals surface area contributed by atoms with E-state index in [-0.39, 0.29) is 17.7 Å². The topological polar surface area (TPSA) is 37.3 Å². The molecule has 0 saturated carbocycles. The number of hydrogen-bond acceptors (Lipinski definition) is 2. The van der Waals surface area contributed by atoms with Crippen molar-refractivity contribution in [3.63, 3.8) is 0 Å². The predicted molar refractivity (Wildman–Crippen MR) is 97.4 cm³/mol. The summed E-state index contributed by atoms with van der Waals surface area (Å²) in [5.74, 6) is -1.30. The van der Waals surface area contributed by atoms with Gasteiger partial charge in [-0.25, -0.2) is 8.78 Å². The van der Waals surface area contributed by atoms with Crippen molar-refractivity contribution in [2.45, 2.75) is 20.3 Å². The van der Waals surface area contributed by atoms with Crippen LogP contribution in [0.15, 0.2) is 54.6 Å². The van der Waals surface area contributed by atoms with E-state index in [1.165, 1.54) is 30.3 Å². The van der Waals surface area contributed by atoms with Gasteiger partial charge < -0.3 is 5.11 Å². The lowest BCUT2D eigenvalue weighted by Crippen LogP contribution is -2.09. The van der Waals surface area contributed by atoms with Crippen LogP contribution in [0.3, 0.4) is 0 Å². The highest BCUT2D eigenvalue weighted by Crippen LogP contribution is 2.27. The second-order valence-electron chi connectivity index (χ2n) is 6.31. The normalized spacial score (nSPS) is 10.8. The van der Waals surface area contributed by atoms with E-state index in [2.05, 4.69) is 0 Å². The van der Waals surface area contributed by atoms with Crippen LogP contribution in [0.25, 0.3) is 11.1 Å². The number of phenolic OH excluding ortho intramolecular Hbond substituents is 1. The molecule has 0 saturated heterocycles. The zero-order valence-electron chi connectivity index (χ0n) is 14.5. The lowest BCUT2D eigenvalue weighted by atomic mass is 9.93. The van der Waals surface area contributed by atoms with E-state index in [1.807, 2.05) is 6.92 Å². The van der Waals surface area contributed by atoms with Crippen LogP contribution in [0.5, 0.6) is 5.75 Å². The molecule has 0 aliphatic heterocycles. The summed E-state index contributed by atoms with van der Waals surface area (Å²) in [6.45, 7) is 3.57. The highest BCUT2D eigenvalue weighted by atomic mass is 19.1. The van der Waals surface area contributed by atoms with E-state index in [1.54, 1.807) is 31.2 Å². The van der Waals surface area contributed by atoms with Crippen LogP contribution in [-0.2, 0) is 6.42 Å². The average Bonchev–Trinajstić information content (AvgIpc) is 2.62. The van der Waals surface area contributed by atoms with Crippen molar-refractivity contribution in [3.05, 3.63) is 88.5 Å². The van der Waals surface area contributed by atoms with Gasteiger partial charge >= 0.3 is 0 Å². The van der Waals surface area contributed by atoms with Gasteiger partial charge in [-0.1, -0.05) is 24.3 Å². The number of ketones is 1. The molecule has 0 bridgehead atoms. The molecule has 0 radical (unpaired) electrons. The van der Waals surface area contributed by atoms with Crippen LogP contribution in [0.1, 0.15) is 27.0 Å². The largest absolute Gasteiger partial charge is 0.508 e. The second-order valence-corrected chi connectivity index (χ2v) is 6.31. The van der Waals surface area contributed by atoms with Crippen molar-refractivity contribution >= 4 is 5.78 Å². The minimum Gasteiger partial charge on any atom is -0.508 e. The molecular weight excluding hydrogens is 334 g/mol. The van der Waals surface area contributed by atoms with Crippen LogP contribution in [0.2, 0.25) is 0 Å². The first-order chi connectivity index (χ1) is 12.4. The number of rotatable bonds is 4. The number of phenols is 1. The molecule has 0 fully saturated rings. The lowest BCUT2D eigenvalue weighted by Gasteiger charge is -2.12. The van der Waals surface area contributed by atoms with E-state index in [9.17, 15) is 18.7 Å². The first-order valence-electron chi connectivity index (χ1n) is 8.23. The van der Waals surface area contributed by atoms with Crippen LogP contribution < -0.4 is 0 Å². The monoisotopic (exact) mass is 352 g/mol. The van der Waals surface area contributed by atoms with Crippen molar-refractivity contribution in [2.75, 3.05) is 0 Å². The van der Waals surface area contributed by atoms with Crippen molar-refractivity contribution < 1.29 is 18.7 Å². The number of halogens is 2. The van der Waals surface area contributed by atoms with E-state index >= 15 is 0 Å². The number of benzene rings is 3. The van der Waals surface area contributed by atoms with Crippen LogP contribution in [-0.4, -0.2) is 10.9 Å².